The Labute approximate surface area is 162 Å². The molecular formula is C21H22O7. The molecule has 0 fully saturated rings. The van der Waals surface area contributed by atoms with Crippen LogP contribution in [0.25, 0.3) is 0 Å². The summed E-state index contributed by atoms with van der Waals surface area (Å²) in [5.74, 6) is -2.96. The Kier molecular flexibility index (Phi) is 7.86. The van der Waals surface area contributed by atoms with E-state index in [1.165, 1.54) is 20.3 Å². The van der Waals surface area contributed by atoms with Crippen LogP contribution in [-0.2, 0) is 25.5 Å². The van der Waals surface area contributed by atoms with Gasteiger partial charge >= 0.3 is 5.97 Å². The molecule has 0 radical (unpaired) electrons. The van der Waals surface area contributed by atoms with Gasteiger partial charge in [-0.3, -0.25) is 9.59 Å². The maximum absolute atomic E-state index is 12.4. The smallest absolute Gasteiger partial charge is 0.372 e. The minimum atomic E-state index is -1.63. The fraction of sp³-hybridized carbons (Fsp3) is 0.286. The Morgan fingerprint density at radius 2 is 1.64 bits per heavy atom. The molecular weight excluding hydrogens is 364 g/mol. The van der Waals surface area contributed by atoms with E-state index in [-0.39, 0.29) is 12.2 Å². The third kappa shape index (κ3) is 6.29. The summed E-state index contributed by atoms with van der Waals surface area (Å²) < 4.78 is 15.8. The zero-order valence-electron chi connectivity index (χ0n) is 15.7. The number of hydrogen-bond acceptors (Lipinski definition) is 6. The van der Waals surface area contributed by atoms with E-state index in [1.807, 2.05) is 30.3 Å². The molecule has 0 spiro atoms. The monoisotopic (exact) mass is 386 g/mol. The summed E-state index contributed by atoms with van der Waals surface area (Å²) in [6.45, 7) is 0.101. The Hall–Kier alpha value is -3.03. The standard InChI is InChI=1S/C21H22O7/c1-26-20(27-2)13-28-17-10-15(8-14-6-4-3-5-7-14)9-16(11-17)18(22)12-19(23)21(24)25/h3-7,9-11,20H,8,12-13H2,1-2H3,(H,24,25). The number of carboxylic acids is 1. The lowest BCUT2D eigenvalue weighted by Gasteiger charge is -2.16. The number of hydrogen-bond donors (Lipinski definition) is 1. The number of rotatable bonds is 11. The Bertz CT molecular complexity index is 826. The van der Waals surface area contributed by atoms with Crippen LogP contribution >= 0.6 is 0 Å². The molecule has 7 nitrogen and oxygen atoms in total. The quantitative estimate of drug-likeness (QED) is 0.274. The van der Waals surface area contributed by atoms with Gasteiger partial charge in [-0.2, -0.15) is 0 Å². The molecule has 0 saturated heterocycles. The highest BCUT2D eigenvalue weighted by atomic mass is 16.7. The SMILES string of the molecule is COC(COc1cc(Cc2ccccc2)cc(C(=O)CC(=O)C(=O)O)c1)OC. The number of ether oxygens (including phenoxy) is 3. The number of aliphatic carboxylic acids is 1. The highest BCUT2D eigenvalue weighted by Gasteiger charge is 2.19. The normalized spacial score (nSPS) is 10.7. The van der Waals surface area contributed by atoms with Crippen molar-refractivity contribution in [2.45, 2.75) is 19.1 Å². The van der Waals surface area contributed by atoms with Crippen molar-refractivity contribution in [2.24, 2.45) is 0 Å². The van der Waals surface area contributed by atoms with Crippen molar-refractivity contribution in [2.75, 3.05) is 20.8 Å². The van der Waals surface area contributed by atoms with Gasteiger partial charge < -0.3 is 19.3 Å². The molecule has 0 amide bonds. The van der Waals surface area contributed by atoms with E-state index in [4.69, 9.17) is 19.3 Å². The molecule has 1 N–H and O–H groups in total. The first-order valence-electron chi connectivity index (χ1n) is 8.58. The van der Waals surface area contributed by atoms with Gasteiger partial charge in [0.15, 0.2) is 12.1 Å². The Morgan fingerprint density at radius 1 is 0.964 bits per heavy atom. The van der Waals surface area contributed by atoms with Crippen LogP contribution < -0.4 is 4.74 Å². The second-order valence-electron chi connectivity index (χ2n) is 6.07. The van der Waals surface area contributed by atoms with E-state index in [9.17, 15) is 14.4 Å². The van der Waals surface area contributed by atoms with Gasteiger partial charge in [-0.05, 0) is 35.7 Å². The average molecular weight is 386 g/mol. The lowest BCUT2D eigenvalue weighted by Crippen LogP contribution is -2.22. The van der Waals surface area contributed by atoms with Gasteiger partial charge in [-0.25, -0.2) is 4.79 Å². The number of benzene rings is 2. The van der Waals surface area contributed by atoms with Crippen molar-refractivity contribution in [3.05, 3.63) is 65.2 Å². The molecule has 0 aliphatic carbocycles. The van der Waals surface area contributed by atoms with E-state index >= 15 is 0 Å². The zero-order chi connectivity index (χ0) is 20.5. The van der Waals surface area contributed by atoms with Crippen molar-refractivity contribution >= 4 is 17.5 Å². The van der Waals surface area contributed by atoms with Gasteiger partial charge in [-0.1, -0.05) is 30.3 Å². The van der Waals surface area contributed by atoms with Crippen LogP contribution in [0, 0.1) is 0 Å². The van der Waals surface area contributed by atoms with Gasteiger partial charge in [0.05, 0.1) is 6.42 Å². The number of carbonyl (C=O) groups excluding carboxylic acids is 2. The first-order chi connectivity index (χ1) is 13.4. The molecule has 0 heterocycles. The van der Waals surface area contributed by atoms with Crippen molar-refractivity contribution in [1.82, 2.24) is 0 Å². The van der Waals surface area contributed by atoms with E-state index in [2.05, 4.69) is 0 Å². The predicted molar refractivity (Wildman–Crippen MR) is 101 cm³/mol. The first-order valence-corrected chi connectivity index (χ1v) is 8.58. The van der Waals surface area contributed by atoms with Crippen molar-refractivity contribution in [3.63, 3.8) is 0 Å². The largest absolute Gasteiger partial charge is 0.488 e. The van der Waals surface area contributed by atoms with Crippen LogP contribution in [0.2, 0.25) is 0 Å². The van der Waals surface area contributed by atoms with Crippen LogP contribution in [0.15, 0.2) is 48.5 Å². The highest BCUT2D eigenvalue weighted by molar-refractivity contribution is 6.37. The number of carboxylic acid groups (broad SMARTS) is 1. The molecule has 0 unspecified atom stereocenters. The minimum absolute atomic E-state index is 0.101. The van der Waals surface area contributed by atoms with E-state index in [1.54, 1.807) is 12.1 Å². The Morgan fingerprint density at radius 3 is 2.25 bits per heavy atom. The third-order valence-corrected chi connectivity index (χ3v) is 4.01. The topological polar surface area (TPSA) is 99.1 Å². The zero-order valence-corrected chi connectivity index (χ0v) is 15.7. The van der Waals surface area contributed by atoms with Crippen LogP contribution in [0.5, 0.6) is 5.75 Å². The lowest BCUT2D eigenvalue weighted by molar-refractivity contribution is -0.148. The van der Waals surface area contributed by atoms with Crippen LogP contribution in [-0.4, -0.2) is 49.8 Å². The van der Waals surface area contributed by atoms with Gasteiger partial charge in [-0.15, -0.1) is 0 Å². The molecule has 28 heavy (non-hydrogen) atoms. The number of Topliss-reactive ketones (excluding diaryl/α,β-unsaturated/α-hetero) is 2. The molecule has 0 atom stereocenters. The van der Waals surface area contributed by atoms with Crippen molar-refractivity contribution < 1.29 is 33.7 Å². The average Bonchev–Trinajstić information content (AvgIpc) is 2.69. The van der Waals surface area contributed by atoms with Crippen molar-refractivity contribution in [3.8, 4) is 5.75 Å². The molecule has 148 valence electrons. The summed E-state index contributed by atoms with van der Waals surface area (Å²) in [5.41, 5.74) is 2.04. The van der Waals surface area contributed by atoms with Crippen LogP contribution in [0.1, 0.15) is 27.9 Å². The molecule has 0 aliphatic rings. The predicted octanol–water partition coefficient (Wildman–Crippen LogP) is 2.50. The third-order valence-electron chi connectivity index (χ3n) is 4.01. The molecule has 2 aromatic rings. The Balaban J connectivity index is 2.27. The van der Waals surface area contributed by atoms with E-state index in [0.717, 1.165) is 11.1 Å². The summed E-state index contributed by atoms with van der Waals surface area (Å²) in [4.78, 5) is 34.5. The second-order valence-corrected chi connectivity index (χ2v) is 6.07. The number of carbonyl (C=O) groups is 3. The molecule has 0 aliphatic heterocycles. The van der Waals surface area contributed by atoms with Gasteiger partial charge in [0.1, 0.15) is 12.4 Å². The fourth-order valence-corrected chi connectivity index (χ4v) is 2.56. The number of methoxy groups -OCH3 is 2. The van der Waals surface area contributed by atoms with E-state index < -0.39 is 30.2 Å². The van der Waals surface area contributed by atoms with Crippen LogP contribution in [0.3, 0.4) is 0 Å². The second kappa shape index (κ2) is 10.3. The summed E-state index contributed by atoms with van der Waals surface area (Å²) >= 11 is 0. The van der Waals surface area contributed by atoms with Gasteiger partial charge in [0, 0.05) is 19.8 Å². The van der Waals surface area contributed by atoms with Crippen LogP contribution in [0.4, 0.5) is 0 Å². The first kappa shape index (κ1) is 21.3. The van der Waals surface area contributed by atoms with Crippen molar-refractivity contribution in [1.29, 1.82) is 0 Å². The lowest BCUT2D eigenvalue weighted by atomic mass is 9.99. The molecule has 7 heteroatoms. The fourth-order valence-electron chi connectivity index (χ4n) is 2.56. The van der Waals surface area contributed by atoms with E-state index in [0.29, 0.717) is 12.2 Å². The maximum Gasteiger partial charge on any atom is 0.372 e. The highest BCUT2D eigenvalue weighted by Crippen LogP contribution is 2.22. The summed E-state index contributed by atoms with van der Waals surface area (Å²) in [6, 6.07) is 14.5. The molecule has 0 aromatic heterocycles. The summed E-state index contributed by atoms with van der Waals surface area (Å²) in [5, 5.41) is 8.73. The minimum Gasteiger partial charge on any atom is -0.488 e. The number of ketones is 2. The summed E-state index contributed by atoms with van der Waals surface area (Å²) in [7, 11) is 2.96. The summed E-state index contributed by atoms with van der Waals surface area (Å²) in [6.07, 6.45) is -0.739. The van der Waals surface area contributed by atoms with Gasteiger partial charge in [0.2, 0.25) is 5.78 Å². The van der Waals surface area contributed by atoms with Gasteiger partial charge in [0.25, 0.3) is 0 Å². The molecule has 2 rings (SSSR count). The molecule has 2 aromatic carbocycles. The molecule has 0 saturated carbocycles. The maximum atomic E-state index is 12.4. The molecule has 0 bridgehead atoms.